The second-order valence-electron chi connectivity index (χ2n) is 6.77. The number of amides is 1. The Bertz CT molecular complexity index is 1080. The minimum absolute atomic E-state index is 0.131. The number of esters is 1. The Labute approximate surface area is 167 Å². The lowest BCUT2D eigenvalue weighted by molar-refractivity contribution is -0.145. The third-order valence-electron chi connectivity index (χ3n) is 5.01. The van der Waals surface area contributed by atoms with Crippen LogP contribution in [0.1, 0.15) is 18.9 Å². The van der Waals surface area contributed by atoms with E-state index in [1.165, 1.54) is 12.7 Å². The molecule has 1 unspecified atom stereocenters. The van der Waals surface area contributed by atoms with Crippen LogP contribution in [0.3, 0.4) is 0 Å². The lowest BCUT2D eigenvalue weighted by Crippen LogP contribution is -2.26. The molecule has 1 saturated heterocycles. The molecule has 0 radical (unpaired) electrons. The van der Waals surface area contributed by atoms with Gasteiger partial charge in [0.15, 0.2) is 5.58 Å². The van der Waals surface area contributed by atoms with E-state index in [9.17, 15) is 9.59 Å². The summed E-state index contributed by atoms with van der Waals surface area (Å²) in [5.74, 6) is -0.579. The lowest BCUT2D eigenvalue weighted by Gasteiger charge is -2.17. The van der Waals surface area contributed by atoms with E-state index in [4.69, 9.17) is 20.8 Å². The fourth-order valence-corrected chi connectivity index (χ4v) is 3.63. The van der Waals surface area contributed by atoms with Gasteiger partial charge in [-0.05, 0) is 42.3 Å². The zero-order chi connectivity index (χ0) is 19.8. The van der Waals surface area contributed by atoms with E-state index in [1.807, 2.05) is 18.2 Å². The van der Waals surface area contributed by atoms with E-state index in [0.717, 1.165) is 11.9 Å². The van der Waals surface area contributed by atoms with Crippen molar-refractivity contribution >= 4 is 40.3 Å². The van der Waals surface area contributed by atoms with Gasteiger partial charge in [-0.1, -0.05) is 24.6 Å². The van der Waals surface area contributed by atoms with Gasteiger partial charge >= 0.3 is 5.97 Å². The van der Waals surface area contributed by atoms with Crippen LogP contribution < -0.4 is 4.90 Å². The largest absolute Gasteiger partial charge is 0.469 e. The van der Waals surface area contributed by atoms with Gasteiger partial charge in [-0.25, -0.2) is 4.98 Å². The van der Waals surface area contributed by atoms with E-state index in [2.05, 4.69) is 11.9 Å². The number of oxazole rings is 1. The normalized spacial score (nSPS) is 16.8. The number of carbonyl (C=O) groups is 2. The molecule has 4 rings (SSSR count). The zero-order valence-electron chi connectivity index (χ0n) is 15.6. The number of fused-ring (bicyclic) bond motifs is 1. The van der Waals surface area contributed by atoms with Gasteiger partial charge in [-0.3, -0.25) is 9.59 Å². The third kappa shape index (κ3) is 3.24. The number of aryl methyl sites for hydroxylation is 1. The number of benzene rings is 2. The van der Waals surface area contributed by atoms with Crippen LogP contribution in [-0.4, -0.2) is 30.5 Å². The third-order valence-corrected chi connectivity index (χ3v) is 5.34. The predicted octanol–water partition coefficient (Wildman–Crippen LogP) is 4.24. The number of anilines is 1. The molecule has 1 aliphatic heterocycles. The van der Waals surface area contributed by atoms with Crippen LogP contribution in [-0.2, 0) is 20.7 Å². The molecule has 1 atom stereocenters. The summed E-state index contributed by atoms with van der Waals surface area (Å²) in [5.41, 5.74) is 3.86. The van der Waals surface area contributed by atoms with Gasteiger partial charge in [-0.2, -0.15) is 0 Å². The molecule has 1 aliphatic rings. The number of nitrogens with zero attached hydrogens (tertiary/aromatic N) is 2. The first-order valence-corrected chi connectivity index (χ1v) is 9.45. The number of rotatable bonds is 4. The summed E-state index contributed by atoms with van der Waals surface area (Å²) in [6.07, 6.45) is 1.04. The molecular weight excluding hydrogens is 380 g/mol. The minimum Gasteiger partial charge on any atom is -0.469 e. The second-order valence-corrected chi connectivity index (χ2v) is 7.17. The molecule has 2 heterocycles. The Morgan fingerprint density at radius 2 is 2.14 bits per heavy atom. The molecule has 0 spiro atoms. The average Bonchev–Trinajstić information content (AvgIpc) is 3.30. The quantitative estimate of drug-likeness (QED) is 0.615. The smallest absolute Gasteiger partial charge is 0.311 e. The number of aromatic nitrogens is 1. The highest BCUT2D eigenvalue weighted by atomic mass is 35.5. The van der Waals surface area contributed by atoms with Crippen molar-refractivity contribution in [2.45, 2.75) is 19.8 Å². The summed E-state index contributed by atoms with van der Waals surface area (Å²) in [6.45, 7) is 2.36. The van der Waals surface area contributed by atoms with Gasteiger partial charge in [0.05, 0.1) is 23.6 Å². The molecule has 0 bridgehead atoms. The van der Waals surface area contributed by atoms with Gasteiger partial charge < -0.3 is 14.1 Å². The maximum atomic E-state index is 12.4. The predicted molar refractivity (Wildman–Crippen MR) is 106 cm³/mol. The first kappa shape index (κ1) is 18.5. The number of hydrogen-bond donors (Lipinski definition) is 0. The highest BCUT2D eigenvalue weighted by Crippen LogP contribution is 2.35. The number of hydrogen-bond acceptors (Lipinski definition) is 5. The van der Waals surface area contributed by atoms with E-state index < -0.39 is 5.92 Å². The van der Waals surface area contributed by atoms with E-state index in [0.29, 0.717) is 27.7 Å². The Kier molecular flexibility index (Phi) is 4.81. The maximum absolute atomic E-state index is 12.4. The Hall–Kier alpha value is -2.86. The van der Waals surface area contributed by atoms with Crippen LogP contribution in [0.4, 0.5) is 5.69 Å². The molecule has 28 heavy (non-hydrogen) atoms. The first-order chi connectivity index (χ1) is 13.5. The van der Waals surface area contributed by atoms with Gasteiger partial charge in [0.1, 0.15) is 5.52 Å². The Morgan fingerprint density at radius 3 is 2.89 bits per heavy atom. The maximum Gasteiger partial charge on any atom is 0.311 e. The van der Waals surface area contributed by atoms with Crippen LogP contribution in [0.2, 0.25) is 5.02 Å². The minimum atomic E-state index is -0.464. The highest BCUT2D eigenvalue weighted by molar-refractivity contribution is 6.33. The summed E-state index contributed by atoms with van der Waals surface area (Å²) in [6, 6.07) is 11.1. The van der Waals surface area contributed by atoms with Crippen molar-refractivity contribution < 1.29 is 18.7 Å². The van der Waals surface area contributed by atoms with E-state index >= 15 is 0 Å². The van der Waals surface area contributed by atoms with Crippen LogP contribution in [0, 0.1) is 5.92 Å². The summed E-state index contributed by atoms with van der Waals surface area (Å²) in [4.78, 5) is 30.3. The van der Waals surface area contributed by atoms with Gasteiger partial charge in [0.2, 0.25) is 11.8 Å². The summed E-state index contributed by atoms with van der Waals surface area (Å²) in [5, 5.41) is 0.474. The van der Waals surface area contributed by atoms with E-state index in [-0.39, 0.29) is 24.8 Å². The molecule has 0 N–H and O–H groups in total. The number of halogens is 1. The zero-order valence-corrected chi connectivity index (χ0v) is 16.3. The van der Waals surface area contributed by atoms with Crippen molar-refractivity contribution in [3.8, 4) is 11.5 Å². The monoisotopic (exact) mass is 398 g/mol. The van der Waals surface area contributed by atoms with Crippen LogP contribution in [0.5, 0.6) is 0 Å². The van der Waals surface area contributed by atoms with Gasteiger partial charge in [-0.15, -0.1) is 0 Å². The van der Waals surface area contributed by atoms with Gasteiger partial charge in [0.25, 0.3) is 0 Å². The Balaban J connectivity index is 1.70. The standard InChI is InChI=1S/C21H19ClN2O4/c1-3-12-4-7-18-17(8-12)23-20(28-18)15-10-14(5-6-16(15)22)24-11-13(9-19(24)25)21(26)27-2/h4-8,10,13H,3,9,11H2,1-2H3. The molecular formula is C21H19ClN2O4. The van der Waals surface area contributed by atoms with Crippen molar-refractivity contribution in [2.75, 3.05) is 18.6 Å². The number of carbonyl (C=O) groups excluding carboxylic acids is 2. The fraction of sp³-hybridized carbons (Fsp3) is 0.286. The SMILES string of the molecule is CCc1ccc2oc(-c3cc(N4CC(C(=O)OC)CC4=O)ccc3Cl)nc2c1. The molecule has 2 aromatic carbocycles. The fourth-order valence-electron chi connectivity index (χ4n) is 3.43. The molecule has 1 amide bonds. The molecule has 6 nitrogen and oxygen atoms in total. The number of methoxy groups -OCH3 is 1. The highest BCUT2D eigenvalue weighted by Gasteiger charge is 2.36. The van der Waals surface area contributed by atoms with Crippen LogP contribution in [0.15, 0.2) is 40.8 Å². The number of ether oxygens (including phenoxy) is 1. The second kappa shape index (κ2) is 7.28. The van der Waals surface area contributed by atoms with Crippen LogP contribution in [0.25, 0.3) is 22.6 Å². The van der Waals surface area contributed by atoms with Crippen LogP contribution >= 0.6 is 11.6 Å². The molecule has 0 aliphatic carbocycles. The topological polar surface area (TPSA) is 72.6 Å². The van der Waals surface area contributed by atoms with Gasteiger partial charge in [0, 0.05) is 18.7 Å². The van der Waals surface area contributed by atoms with E-state index in [1.54, 1.807) is 23.1 Å². The summed E-state index contributed by atoms with van der Waals surface area (Å²) in [7, 11) is 1.33. The molecule has 144 valence electrons. The molecule has 1 aromatic heterocycles. The van der Waals surface area contributed by atoms with Crippen molar-refractivity contribution in [1.29, 1.82) is 0 Å². The molecule has 1 fully saturated rings. The van der Waals surface area contributed by atoms with Crippen molar-refractivity contribution in [3.63, 3.8) is 0 Å². The van der Waals surface area contributed by atoms with Crippen molar-refractivity contribution in [3.05, 3.63) is 47.0 Å². The molecule has 0 saturated carbocycles. The summed E-state index contributed by atoms with van der Waals surface area (Å²) >= 11 is 6.38. The van der Waals surface area contributed by atoms with Crippen molar-refractivity contribution in [1.82, 2.24) is 4.98 Å². The van der Waals surface area contributed by atoms with Crippen molar-refractivity contribution in [2.24, 2.45) is 5.92 Å². The average molecular weight is 399 g/mol. The summed E-state index contributed by atoms with van der Waals surface area (Å²) < 4.78 is 10.6. The lowest BCUT2D eigenvalue weighted by atomic mass is 10.1. The molecule has 3 aromatic rings. The Morgan fingerprint density at radius 1 is 1.32 bits per heavy atom. The first-order valence-electron chi connectivity index (χ1n) is 9.07. The molecule has 7 heteroatoms.